The van der Waals surface area contributed by atoms with Gasteiger partial charge in [-0.2, -0.15) is 0 Å². The maximum Gasteiger partial charge on any atom is 0.239 e. The molecule has 0 aliphatic heterocycles. The highest BCUT2D eigenvalue weighted by Gasteiger charge is 2.13. The molecule has 0 aliphatic rings. The van der Waals surface area contributed by atoms with Crippen LogP contribution in [-0.4, -0.2) is 36.0 Å². The van der Waals surface area contributed by atoms with E-state index in [4.69, 9.17) is 4.74 Å². The fraction of sp³-hybridized carbons (Fsp3) is 0.381. The van der Waals surface area contributed by atoms with Crippen LogP contribution in [0.4, 0.5) is 0 Å². The van der Waals surface area contributed by atoms with E-state index in [1.807, 2.05) is 63.2 Å². The summed E-state index contributed by atoms with van der Waals surface area (Å²) in [7, 11) is 1.66. The molecule has 0 radical (unpaired) electrons. The Hall–Kier alpha value is -2.36. The highest BCUT2D eigenvalue weighted by Crippen LogP contribution is 2.11. The monoisotopic (exact) mass is 511 g/mol. The maximum absolute atomic E-state index is 11.9. The lowest BCUT2D eigenvalue weighted by molar-refractivity contribution is -0.121. The summed E-state index contributed by atoms with van der Waals surface area (Å²) in [6.45, 7) is 6.98. The molecule has 0 spiro atoms. The number of carbonyl (C=O) groups excluding carboxylic acids is 1. The number of nitrogens with zero attached hydrogens (tertiary/aromatic N) is 2. The van der Waals surface area contributed by atoms with Gasteiger partial charge in [-0.25, -0.2) is 4.98 Å². The number of benzene rings is 1. The highest BCUT2D eigenvalue weighted by atomic mass is 127. The second-order valence-corrected chi connectivity index (χ2v) is 7.35. The number of halogens is 1. The van der Waals surface area contributed by atoms with Gasteiger partial charge in [-0.05, 0) is 38.0 Å². The molecule has 0 unspecified atom stereocenters. The van der Waals surface area contributed by atoms with Crippen LogP contribution in [0.3, 0.4) is 0 Å². The molecule has 7 nitrogen and oxygen atoms in total. The maximum atomic E-state index is 11.9. The normalized spacial score (nSPS) is 11.2. The van der Waals surface area contributed by atoms with E-state index in [0.717, 1.165) is 11.1 Å². The first-order valence-corrected chi connectivity index (χ1v) is 9.23. The average Bonchev–Trinajstić information content (AvgIpc) is 2.66. The van der Waals surface area contributed by atoms with E-state index in [1.54, 1.807) is 13.2 Å². The van der Waals surface area contributed by atoms with Crippen molar-refractivity contribution in [1.82, 2.24) is 20.9 Å². The molecule has 0 atom stereocenters. The van der Waals surface area contributed by atoms with Crippen molar-refractivity contribution in [1.29, 1.82) is 0 Å². The predicted octanol–water partition coefficient (Wildman–Crippen LogP) is 2.86. The van der Waals surface area contributed by atoms with Crippen molar-refractivity contribution in [3.05, 3.63) is 59.8 Å². The summed E-state index contributed by atoms with van der Waals surface area (Å²) in [5, 5.41) is 9.08. The molecule has 0 bridgehead atoms. The molecule has 1 heterocycles. The molecule has 0 saturated heterocycles. The molecule has 8 heteroatoms. The highest BCUT2D eigenvalue weighted by molar-refractivity contribution is 14.0. The number of nitrogens with one attached hydrogen (secondary N) is 3. The van der Waals surface area contributed by atoms with E-state index in [2.05, 4.69) is 25.9 Å². The van der Waals surface area contributed by atoms with Crippen LogP contribution in [0.5, 0.6) is 5.88 Å². The summed E-state index contributed by atoms with van der Waals surface area (Å²) in [6.07, 6.45) is 1.71. The first kappa shape index (κ1) is 24.7. The molecule has 3 N–H and O–H groups in total. The summed E-state index contributed by atoms with van der Waals surface area (Å²) in [6, 6.07) is 13.7. The molecule has 1 aromatic heterocycles. The SMILES string of the molecule is CN=C(NCC(=O)NC(C)(C)C)NCc1ccnc(OCc2ccccc2)c1.I. The molecule has 158 valence electrons. The Labute approximate surface area is 189 Å². The molecule has 1 aromatic carbocycles. The van der Waals surface area contributed by atoms with E-state index >= 15 is 0 Å². The van der Waals surface area contributed by atoms with E-state index < -0.39 is 0 Å². The number of aromatic nitrogens is 1. The zero-order valence-electron chi connectivity index (χ0n) is 17.4. The number of hydrogen-bond donors (Lipinski definition) is 3. The Kier molecular flexibility index (Phi) is 10.4. The van der Waals surface area contributed by atoms with E-state index in [0.29, 0.717) is 25.0 Å². The van der Waals surface area contributed by atoms with E-state index in [-0.39, 0.29) is 42.0 Å². The summed E-state index contributed by atoms with van der Waals surface area (Å²) in [5.41, 5.74) is 1.83. The Balaban J connectivity index is 0.00000420. The van der Waals surface area contributed by atoms with E-state index in [9.17, 15) is 4.79 Å². The second-order valence-electron chi connectivity index (χ2n) is 7.35. The van der Waals surface area contributed by atoms with Crippen molar-refractivity contribution in [3.63, 3.8) is 0 Å². The summed E-state index contributed by atoms with van der Waals surface area (Å²) >= 11 is 0. The topological polar surface area (TPSA) is 87.6 Å². The minimum Gasteiger partial charge on any atom is -0.473 e. The predicted molar refractivity (Wildman–Crippen MR) is 127 cm³/mol. The number of guanidine groups is 1. The standard InChI is InChI=1S/C21H29N5O2.HI/c1-21(2,3)26-18(27)14-25-20(22-4)24-13-17-10-11-23-19(12-17)28-15-16-8-6-5-7-9-16;/h5-12H,13-15H2,1-4H3,(H,26,27)(H2,22,24,25);1H. The summed E-state index contributed by atoms with van der Waals surface area (Å²) < 4.78 is 5.75. The van der Waals surface area contributed by atoms with Crippen LogP contribution < -0.4 is 20.7 Å². The quantitative estimate of drug-likeness (QED) is 0.303. The second kappa shape index (κ2) is 12.3. The van der Waals surface area contributed by atoms with Gasteiger partial charge in [-0.15, -0.1) is 24.0 Å². The van der Waals surface area contributed by atoms with Gasteiger partial charge in [0.1, 0.15) is 6.61 Å². The molecule has 0 aliphatic carbocycles. The van der Waals surface area contributed by atoms with Crippen molar-refractivity contribution in [2.45, 2.75) is 39.5 Å². The third-order valence-electron chi connectivity index (χ3n) is 3.64. The largest absolute Gasteiger partial charge is 0.473 e. The minimum absolute atomic E-state index is 0. The lowest BCUT2D eigenvalue weighted by Gasteiger charge is -2.21. The van der Waals surface area contributed by atoms with Gasteiger partial charge in [-0.1, -0.05) is 30.3 Å². The number of pyridine rings is 1. The van der Waals surface area contributed by atoms with Crippen LogP contribution in [0.2, 0.25) is 0 Å². The number of aliphatic imine (C=N–C) groups is 1. The molecule has 2 rings (SSSR count). The van der Waals surface area contributed by atoms with Gasteiger partial charge in [0.2, 0.25) is 11.8 Å². The summed E-state index contributed by atoms with van der Waals surface area (Å²) in [5.74, 6) is 1.03. The van der Waals surface area contributed by atoms with Crippen molar-refractivity contribution in [3.8, 4) is 5.88 Å². The number of carbonyl (C=O) groups is 1. The fourth-order valence-electron chi connectivity index (χ4n) is 2.40. The molecule has 29 heavy (non-hydrogen) atoms. The molecular formula is C21H30IN5O2. The number of ether oxygens (including phenoxy) is 1. The lowest BCUT2D eigenvalue weighted by atomic mass is 10.1. The van der Waals surface area contributed by atoms with Crippen LogP contribution in [-0.2, 0) is 17.9 Å². The Morgan fingerprint density at radius 1 is 1.10 bits per heavy atom. The van der Waals surface area contributed by atoms with Gasteiger partial charge in [-0.3, -0.25) is 9.79 Å². The van der Waals surface area contributed by atoms with Crippen molar-refractivity contribution in [2.75, 3.05) is 13.6 Å². The van der Waals surface area contributed by atoms with Crippen LogP contribution in [0, 0.1) is 0 Å². The smallest absolute Gasteiger partial charge is 0.239 e. The van der Waals surface area contributed by atoms with Crippen LogP contribution >= 0.6 is 24.0 Å². The Morgan fingerprint density at radius 2 is 1.83 bits per heavy atom. The summed E-state index contributed by atoms with van der Waals surface area (Å²) in [4.78, 5) is 20.3. The van der Waals surface area contributed by atoms with Gasteiger partial charge in [0, 0.05) is 31.4 Å². The average molecular weight is 511 g/mol. The fourth-order valence-corrected chi connectivity index (χ4v) is 2.40. The van der Waals surface area contributed by atoms with E-state index in [1.165, 1.54) is 0 Å². The number of rotatable bonds is 7. The molecule has 2 aromatic rings. The number of amides is 1. The van der Waals surface area contributed by atoms with Crippen LogP contribution in [0.25, 0.3) is 0 Å². The molecule has 0 fully saturated rings. The third kappa shape index (κ3) is 10.1. The van der Waals surface area contributed by atoms with Gasteiger partial charge >= 0.3 is 0 Å². The van der Waals surface area contributed by atoms with Gasteiger partial charge in [0.15, 0.2) is 5.96 Å². The lowest BCUT2D eigenvalue weighted by Crippen LogP contribution is -2.48. The van der Waals surface area contributed by atoms with Crippen molar-refractivity contribution < 1.29 is 9.53 Å². The third-order valence-corrected chi connectivity index (χ3v) is 3.64. The Morgan fingerprint density at radius 3 is 2.48 bits per heavy atom. The number of hydrogen-bond acceptors (Lipinski definition) is 4. The van der Waals surface area contributed by atoms with Crippen molar-refractivity contribution >= 4 is 35.8 Å². The molecule has 1 amide bonds. The zero-order chi connectivity index (χ0) is 20.4. The first-order chi connectivity index (χ1) is 13.4. The van der Waals surface area contributed by atoms with Crippen LogP contribution in [0.15, 0.2) is 53.7 Å². The zero-order valence-corrected chi connectivity index (χ0v) is 19.7. The minimum atomic E-state index is -0.261. The molecular weight excluding hydrogens is 481 g/mol. The van der Waals surface area contributed by atoms with Gasteiger partial charge < -0.3 is 20.7 Å². The molecule has 0 saturated carbocycles. The first-order valence-electron chi connectivity index (χ1n) is 9.23. The van der Waals surface area contributed by atoms with Crippen LogP contribution in [0.1, 0.15) is 31.9 Å². The Bertz CT molecular complexity index is 791. The van der Waals surface area contributed by atoms with Crippen molar-refractivity contribution in [2.24, 2.45) is 4.99 Å². The van der Waals surface area contributed by atoms with Gasteiger partial charge in [0.05, 0.1) is 6.54 Å². The van der Waals surface area contributed by atoms with Gasteiger partial charge in [0.25, 0.3) is 0 Å².